The highest BCUT2D eigenvalue weighted by Crippen LogP contribution is 2.33. The van der Waals surface area contributed by atoms with Crippen LogP contribution in [0.2, 0.25) is 0 Å². The summed E-state index contributed by atoms with van der Waals surface area (Å²) in [6, 6.07) is 11.5. The number of methoxy groups -OCH3 is 1. The molecule has 1 fully saturated rings. The molecule has 3 atom stereocenters. The summed E-state index contributed by atoms with van der Waals surface area (Å²) >= 11 is 0. The molecule has 0 spiro atoms. The Hall–Kier alpha value is -3.03. The number of hydrogen-bond donors (Lipinski definition) is 2. The van der Waals surface area contributed by atoms with Gasteiger partial charge >= 0.3 is 5.97 Å². The van der Waals surface area contributed by atoms with Gasteiger partial charge in [0.25, 0.3) is 0 Å². The van der Waals surface area contributed by atoms with E-state index in [0.717, 1.165) is 54.6 Å². The molecule has 1 saturated heterocycles. The molecule has 1 aliphatic rings. The number of aliphatic carboxylic acids is 1. The number of rotatable bonds is 10. The standard InChI is InChI=1S/C27H33N3O4/c1-34-21-5-6-25-23(17-21)22(10-14-29-25)26(31)7-4-20-11-16-30(18-24(20)27(32)33)15-2-3-19-8-12-28-13-9-19/h5-6,8-10,12-14,17,20,24,26,31H,2-4,7,11,15-16,18H2,1H3,(H,32,33)/t20-,24+,26?/m1/s1. The van der Waals surface area contributed by atoms with E-state index in [-0.39, 0.29) is 5.92 Å². The van der Waals surface area contributed by atoms with Crippen molar-refractivity contribution in [1.82, 2.24) is 14.9 Å². The summed E-state index contributed by atoms with van der Waals surface area (Å²) in [4.78, 5) is 22.8. The Morgan fingerprint density at radius 3 is 2.79 bits per heavy atom. The second-order valence-corrected chi connectivity index (χ2v) is 9.13. The van der Waals surface area contributed by atoms with Gasteiger partial charge < -0.3 is 19.8 Å². The maximum Gasteiger partial charge on any atom is 0.308 e. The van der Waals surface area contributed by atoms with Crippen LogP contribution in [0.4, 0.5) is 0 Å². The van der Waals surface area contributed by atoms with Gasteiger partial charge in [-0.3, -0.25) is 14.8 Å². The number of carboxylic acid groups (broad SMARTS) is 1. The van der Waals surface area contributed by atoms with Gasteiger partial charge in [-0.05, 0) is 98.6 Å². The minimum absolute atomic E-state index is 0.0613. The summed E-state index contributed by atoms with van der Waals surface area (Å²) in [5, 5.41) is 21.7. The minimum Gasteiger partial charge on any atom is -0.497 e. The number of aliphatic hydroxyl groups is 1. The van der Waals surface area contributed by atoms with E-state index in [2.05, 4.69) is 14.9 Å². The number of nitrogens with zero attached hydrogens (tertiary/aromatic N) is 3. The summed E-state index contributed by atoms with van der Waals surface area (Å²) < 4.78 is 5.33. The van der Waals surface area contributed by atoms with Gasteiger partial charge in [-0.2, -0.15) is 0 Å². The number of carbonyl (C=O) groups is 1. The molecule has 34 heavy (non-hydrogen) atoms. The van der Waals surface area contributed by atoms with E-state index in [0.29, 0.717) is 19.4 Å². The summed E-state index contributed by atoms with van der Waals surface area (Å²) in [6.45, 7) is 2.37. The van der Waals surface area contributed by atoms with E-state index in [4.69, 9.17) is 4.74 Å². The van der Waals surface area contributed by atoms with Crippen LogP contribution in [0.3, 0.4) is 0 Å². The molecule has 7 heteroatoms. The molecular weight excluding hydrogens is 430 g/mol. The molecule has 0 saturated carbocycles. The monoisotopic (exact) mass is 463 g/mol. The molecule has 1 unspecified atom stereocenters. The number of fused-ring (bicyclic) bond motifs is 1. The Bertz CT molecular complexity index is 1090. The Morgan fingerprint density at radius 2 is 2.03 bits per heavy atom. The van der Waals surface area contributed by atoms with E-state index in [1.165, 1.54) is 5.56 Å². The Morgan fingerprint density at radius 1 is 1.21 bits per heavy atom. The molecule has 4 rings (SSSR count). The number of aromatic nitrogens is 2. The normalized spacial score (nSPS) is 19.7. The summed E-state index contributed by atoms with van der Waals surface area (Å²) in [7, 11) is 1.62. The molecule has 0 bridgehead atoms. The first-order valence-corrected chi connectivity index (χ1v) is 12.0. The maximum atomic E-state index is 12.0. The average molecular weight is 464 g/mol. The zero-order chi connectivity index (χ0) is 23.9. The second-order valence-electron chi connectivity index (χ2n) is 9.13. The van der Waals surface area contributed by atoms with Crippen LogP contribution < -0.4 is 4.74 Å². The summed E-state index contributed by atoms with van der Waals surface area (Å²) in [5.74, 6) is -0.365. The van der Waals surface area contributed by atoms with Crippen molar-refractivity contribution in [3.63, 3.8) is 0 Å². The van der Waals surface area contributed by atoms with Crippen LogP contribution in [0, 0.1) is 11.8 Å². The zero-order valence-corrected chi connectivity index (χ0v) is 19.6. The number of hydrogen-bond acceptors (Lipinski definition) is 6. The van der Waals surface area contributed by atoms with E-state index < -0.39 is 18.0 Å². The number of piperidine rings is 1. The number of aliphatic hydroxyl groups excluding tert-OH is 1. The van der Waals surface area contributed by atoms with Crippen molar-refractivity contribution in [1.29, 1.82) is 0 Å². The van der Waals surface area contributed by atoms with Gasteiger partial charge in [0.2, 0.25) is 0 Å². The van der Waals surface area contributed by atoms with Crippen molar-refractivity contribution in [2.75, 3.05) is 26.7 Å². The highest BCUT2D eigenvalue weighted by atomic mass is 16.5. The lowest BCUT2D eigenvalue weighted by Crippen LogP contribution is -2.44. The SMILES string of the molecule is COc1ccc2nccc(C(O)CC[C@@H]3CCN(CCCc4ccncc4)C[C@@H]3C(=O)O)c2c1. The maximum absolute atomic E-state index is 12.0. The molecule has 0 aliphatic carbocycles. The third-order valence-corrected chi connectivity index (χ3v) is 7.00. The highest BCUT2D eigenvalue weighted by Gasteiger charge is 2.34. The van der Waals surface area contributed by atoms with Crippen molar-refractivity contribution >= 4 is 16.9 Å². The van der Waals surface area contributed by atoms with Gasteiger partial charge in [0.15, 0.2) is 0 Å². The second kappa shape index (κ2) is 11.4. The Labute approximate surface area is 200 Å². The first-order chi connectivity index (χ1) is 16.5. The van der Waals surface area contributed by atoms with Crippen LogP contribution in [0.1, 0.15) is 42.9 Å². The van der Waals surface area contributed by atoms with Gasteiger partial charge in [0, 0.05) is 30.5 Å². The molecule has 3 aromatic rings. The fourth-order valence-corrected chi connectivity index (χ4v) is 5.04. The lowest BCUT2D eigenvalue weighted by molar-refractivity contribution is -0.146. The summed E-state index contributed by atoms with van der Waals surface area (Å²) in [5.41, 5.74) is 2.88. The number of carboxylic acids is 1. The van der Waals surface area contributed by atoms with E-state index in [9.17, 15) is 15.0 Å². The number of likely N-dealkylation sites (tertiary alicyclic amines) is 1. The molecule has 3 heterocycles. The van der Waals surface area contributed by atoms with Crippen LogP contribution in [0.15, 0.2) is 55.0 Å². The molecule has 2 aromatic heterocycles. The summed E-state index contributed by atoms with van der Waals surface area (Å²) in [6.07, 6.45) is 8.65. The fourth-order valence-electron chi connectivity index (χ4n) is 5.04. The lowest BCUT2D eigenvalue weighted by Gasteiger charge is -2.37. The first kappa shape index (κ1) is 24.1. The smallest absolute Gasteiger partial charge is 0.308 e. The van der Waals surface area contributed by atoms with Crippen LogP contribution in [0.5, 0.6) is 5.75 Å². The molecule has 0 amide bonds. The first-order valence-electron chi connectivity index (χ1n) is 12.0. The third-order valence-electron chi connectivity index (χ3n) is 7.00. The fraction of sp³-hybridized carbons (Fsp3) is 0.444. The van der Waals surface area contributed by atoms with Crippen LogP contribution in [-0.2, 0) is 11.2 Å². The number of ether oxygens (including phenoxy) is 1. The molecule has 0 radical (unpaired) electrons. The average Bonchev–Trinajstić information content (AvgIpc) is 2.87. The third kappa shape index (κ3) is 5.90. The molecule has 1 aliphatic heterocycles. The zero-order valence-electron chi connectivity index (χ0n) is 19.6. The van der Waals surface area contributed by atoms with Crippen molar-refractivity contribution in [2.45, 2.75) is 38.2 Å². The van der Waals surface area contributed by atoms with Gasteiger partial charge in [0.05, 0.1) is 24.6 Å². The van der Waals surface area contributed by atoms with E-state index in [1.807, 2.05) is 36.4 Å². The predicted octanol–water partition coefficient (Wildman–Crippen LogP) is 4.11. The van der Waals surface area contributed by atoms with Gasteiger partial charge in [-0.1, -0.05) is 0 Å². The predicted molar refractivity (Wildman–Crippen MR) is 131 cm³/mol. The molecular formula is C27H33N3O4. The molecule has 7 nitrogen and oxygen atoms in total. The van der Waals surface area contributed by atoms with Gasteiger partial charge in [-0.25, -0.2) is 0 Å². The van der Waals surface area contributed by atoms with Crippen molar-refractivity contribution in [3.05, 3.63) is 66.1 Å². The Kier molecular flexibility index (Phi) is 8.08. The van der Waals surface area contributed by atoms with Crippen LogP contribution in [-0.4, -0.2) is 57.8 Å². The van der Waals surface area contributed by atoms with Crippen molar-refractivity contribution in [2.24, 2.45) is 11.8 Å². The van der Waals surface area contributed by atoms with Gasteiger partial charge in [-0.15, -0.1) is 0 Å². The Balaban J connectivity index is 1.34. The number of aryl methyl sites for hydroxylation is 1. The molecule has 2 N–H and O–H groups in total. The van der Waals surface area contributed by atoms with Crippen LogP contribution in [0.25, 0.3) is 10.9 Å². The minimum atomic E-state index is -0.738. The van der Waals surface area contributed by atoms with Gasteiger partial charge in [0.1, 0.15) is 5.75 Å². The van der Waals surface area contributed by atoms with E-state index in [1.54, 1.807) is 25.7 Å². The molecule has 180 valence electrons. The lowest BCUT2D eigenvalue weighted by atomic mass is 9.81. The largest absolute Gasteiger partial charge is 0.497 e. The number of benzene rings is 1. The van der Waals surface area contributed by atoms with Crippen molar-refractivity contribution < 1.29 is 19.7 Å². The van der Waals surface area contributed by atoms with Crippen LogP contribution >= 0.6 is 0 Å². The van der Waals surface area contributed by atoms with E-state index >= 15 is 0 Å². The highest BCUT2D eigenvalue weighted by molar-refractivity contribution is 5.83. The molecule has 1 aromatic carbocycles. The quantitative estimate of drug-likeness (QED) is 0.467. The topological polar surface area (TPSA) is 95.8 Å². The number of pyridine rings is 2. The van der Waals surface area contributed by atoms with Crippen molar-refractivity contribution in [3.8, 4) is 5.75 Å².